The fourth-order valence-electron chi connectivity index (χ4n) is 1.68. The summed E-state index contributed by atoms with van der Waals surface area (Å²) in [7, 11) is 0. The van der Waals surface area contributed by atoms with Crippen molar-refractivity contribution < 1.29 is 4.79 Å². The quantitative estimate of drug-likeness (QED) is 0.857. The SMILES string of the molecule is NC(=O)c1ccccc1Cn1cc(Br)c(=O)[nH]c1=O. The van der Waals surface area contributed by atoms with Crippen LogP contribution in [-0.2, 0) is 6.54 Å². The van der Waals surface area contributed by atoms with Gasteiger partial charge in [-0.1, -0.05) is 18.2 Å². The van der Waals surface area contributed by atoms with Crippen molar-refractivity contribution >= 4 is 21.8 Å². The van der Waals surface area contributed by atoms with Gasteiger partial charge in [-0.25, -0.2) is 4.79 Å². The molecule has 98 valence electrons. The van der Waals surface area contributed by atoms with E-state index in [-0.39, 0.29) is 11.0 Å². The minimum atomic E-state index is -0.563. The van der Waals surface area contributed by atoms with Crippen LogP contribution in [0, 0.1) is 0 Å². The van der Waals surface area contributed by atoms with Crippen LogP contribution in [0.25, 0.3) is 0 Å². The van der Waals surface area contributed by atoms with Crippen LogP contribution in [0.15, 0.2) is 44.5 Å². The third-order valence-electron chi connectivity index (χ3n) is 2.59. The van der Waals surface area contributed by atoms with Crippen molar-refractivity contribution in [1.82, 2.24) is 9.55 Å². The van der Waals surface area contributed by atoms with Gasteiger partial charge in [0.15, 0.2) is 0 Å². The van der Waals surface area contributed by atoms with Gasteiger partial charge in [0.1, 0.15) is 0 Å². The number of halogens is 1. The number of benzene rings is 1. The summed E-state index contributed by atoms with van der Waals surface area (Å²) in [5.74, 6) is -0.563. The molecule has 0 saturated heterocycles. The van der Waals surface area contributed by atoms with Crippen LogP contribution in [0.5, 0.6) is 0 Å². The van der Waals surface area contributed by atoms with Crippen LogP contribution >= 0.6 is 15.9 Å². The molecule has 0 aliphatic heterocycles. The largest absolute Gasteiger partial charge is 0.366 e. The first kappa shape index (κ1) is 13.3. The van der Waals surface area contributed by atoms with E-state index in [1.165, 1.54) is 10.8 Å². The third-order valence-corrected chi connectivity index (χ3v) is 3.16. The van der Waals surface area contributed by atoms with E-state index < -0.39 is 17.2 Å². The van der Waals surface area contributed by atoms with Gasteiger partial charge in [-0.15, -0.1) is 0 Å². The number of nitrogens with zero attached hydrogens (tertiary/aromatic N) is 1. The van der Waals surface area contributed by atoms with E-state index in [0.29, 0.717) is 11.1 Å². The summed E-state index contributed by atoms with van der Waals surface area (Å²) < 4.78 is 1.52. The molecule has 0 saturated carbocycles. The molecule has 1 amide bonds. The fourth-order valence-corrected chi connectivity index (χ4v) is 2.03. The monoisotopic (exact) mass is 323 g/mol. The maximum absolute atomic E-state index is 11.6. The molecule has 0 radical (unpaired) electrons. The first-order valence-electron chi connectivity index (χ1n) is 5.36. The van der Waals surface area contributed by atoms with Gasteiger partial charge in [0, 0.05) is 11.8 Å². The van der Waals surface area contributed by atoms with Crippen LogP contribution in [0.4, 0.5) is 0 Å². The van der Waals surface area contributed by atoms with Gasteiger partial charge < -0.3 is 5.73 Å². The normalized spacial score (nSPS) is 10.4. The van der Waals surface area contributed by atoms with Crippen LogP contribution in [-0.4, -0.2) is 15.5 Å². The molecule has 0 aliphatic carbocycles. The molecule has 0 atom stereocenters. The summed E-state index contributed by atoms with van der Waals surface area (Å²) in [6.07, 6.45) is 1.37. The number of hydrogen-bond donors (Lipinski definition) is 2. The lowest BCUT2D eigenvalue weighted by atomic mass is 10.1. The van der Waals surface area contributed by atoms with E-state index in [1.807, 2.05) is 0 Å². The highest BCUT2D eigenvalue weighted by atomic mass is 79.9. The van der Waals surface area contributed by atoms with Crippen molar-refractivity contribution in [2.75, 3.05) is 0 Å². The number of rotatable bonds is 3. The molecule has 0 aliphatic rings. The Kier molecular flexibility index (Phi) is 3.66. The second-order valence-electron chi connectivity index (χ2n) is 3.89. The Hall–Kier alpha value is -2.15. The lowest BCUT2D eigenvalue weighted by Gasteiger charge is -2.08. The zero-order valence-corrected chi connectivity index (χ0v) is 11.3. The summed E-state index contributed by atoms with van der Waals surface area (Å²) in [5, 5.41) is 0. The molecular weight excluding hydrogens is 314 g/mol. The number of aromatic nitrogens is 2. The predicted molar refractivity (Wildman–Crippen MR) is 73.1 cm³/mol. The van der Waals surface area contributed by atoms with Crippen molar-refractivity contribution in [3.8, 4) is 0 Å². The Morgan fingerprint density at radius 1 is 1.32 bits per heavy atom. The van der Waals surface area contributed by atoms with Gasteiger partial charge in [0.25, 0.3) is 5.56 Å². The summed E-state index contributed by atoms with van der Waals surface area (Å²) in [6, 6.07) is 6.72. The van der Waals surface area contributed by atoms with Gasteiger partial charge >= 0.3 is 5.69 Å². The molecule has 3 N–H and O–H groups in total. The Labute approximate surface area is 116 Å². The van der Waals surface area contributed by atoms with Gasteiger partial charge in [-0.3, -0.25) is 19.1 Å². The van der Waals surface area contributed by atoms with Crippen molar-refractivity contribution in [1.29, 1.82) is 0 Å². The van der Waals surface area contributed by atoms with E-state index in [2.05, 4.69) is 20.9 Å². The molecule has 0 bridgehead atoms. The molecule has 7 heteroatoms. The lowest BCUT2D eigenvalue weighted by Crippen LogP contribution is -2.30. The molecule has 1 heterocycles. The number of primary amides is 1. The molecule has 2 aromatic rings. The molecule has 0 unspecified atom stereocenters. The second-order valence-corrected chi connectivity index (χ2v) is 4.74. The maximum atomic E-state index is 11.6. The Balaban J connectivity index is 2.48. The predicted octanol–water partition coefficient (Wildman–Crippen LogP) is 0.446. The number of carbonyl (C=O) groups is 1. The summed E-state index contributed by atoms with van der Waals surface area (Å²) in [4.78, 5) is 36.3. The average molecular weight is 324 g/mol. The lowest BCUT2D eigenvalue weighted by molar-refractivity contribution is 0.0999. The summed E-state index contributed by atoms with van der Waals surface area (Å²) >= 11 is 3.05. The number of nitrogens with one attached hydrogen (secondary N) is 1. The van der Waals surface area contributed by atoms with E-state index in [0.717, 1.165) is 0 Å². The van der Waals surface area contributed by atoms with Crippen molar-refractivity contribution in [2.45, 2.75) is 6.54 Å². The number of nitrogens with two attached hydrogens (primary N) is 1. The summed E-state index contributed by atoms with van der Waals surface area (Å²) in [6.45, 7) is 0.146. The molecule has 1 aromatic carbocycles. The third kappa shape index (κ3) is 2.82. The zero-order chi connectivity index (χ0) is 14.0. The molecule has 0 spiro atoms. The summed E-state index contributed by atoms with van der Waals surface area (Å²) in [5.41, 5.74) is 5.17. The number of carbonyl (C=O) groups excluding carboxylic acids is 1. The Morgan fingerprint density at radius 2 is 2.00 bits per heavy atom. The van der Waals surface area contributed by atoms with Crippen molar-refractivity contribution in [2.24, 2.45) is 5.73 Å². The van der Waals surface area contributed by atoms with Gasteiger partial charge in [-0.05, 0) is 27.6 Å². The van der Waals surface area contributed by atoms with E-state index in [9.17, 15) is 14.4 Å². The molecular formula is C12H10BrN3O3. The standard InChI is InChI=1S/C12H10BrN3O3/c13-9-6-16(12(19)15-11(9)18)5-7-3-1-2-4-8(7)10(14)17/h1-4,6H,5H2,(H2,14,17)(H,15,18,19). The molecule has 6 nitrogen and oxygen atoms in total. The first-order chi connectivity index (χ1) is 8.99. The average Bonchev–Trinajstić information content (AvgIpc) is 2.36. The molecule has 0 fully saturated rings. The van der Waals surface area contributed by atoms with Crippen LogP contribution in [0.2, 0.25) is 0 Å². The van der Waals surface area contributed by atoms with E-state index in [4.69, 9.17) is 5.73 Å². The highest BCUT2D eigenvalue weighted by molar-refractivity contribution is 9.10. The van der Waals surface area contributed by atoms with E-state index >= 15 is 0 Å². The van der Waals surface area contributed by atoms with Crippen molar-refractivity contribution in [3.63, 3.8) is 0 Å². The number of H-pyrrole nitrogens is 1. The number of amides is 1. The zero-order valence-electron chi connectivity index (χ0n) is 9.72. The second kappa shape index (κ2) is 5.23. The minimum Gasteiger partial charge on any atom is -0.366 e. The van der Waals surface area contributed by atoms with Crippen LogP contribution in [0.3, 0.4) is 0 Å². The van der Waals surface area contributed by atoms with Crippen LogP contribution < -0.4 is 17.0 Å². The minimum absolute atomic E-state index is 0.146. The number of hydrogen-bond acceptors (Lipinski definition) is 3. The first-order valence-corrected chi connectivity index (χ1v) is 6.15. The van der Waals surface area contributed by atoms with Crippen molar-refractivity contribution in [3.05, 3.63) is 66.9 Å². The highest BCUT2D eigenvalue weighted by Gasteiger charge is 2.09. The van der Waals surface area contributed by atoms with Crippen LogP contribution in [0.1, 0.15) is 15.9 Å². The topological polar surface area (TPSA) is 97.9 Å². The van der Waals surface area contributed by atoms with Gasteiger partial charge in [0.05, 0.1) is 11.0 Å². The molecule has 1 aromatic heterocycles. The smallest absolute Gasteiger partial charge is 0.328 e. The van der Waals surface area contributed by atoms with Gasteiger partial charge in [0.2, 0.25) is 5.91 Å². The van der Waals surface area contributed by atoms with E-state index in [1.54, 1.807) is 24.3 Å². The molecule has 2 rings (SSSR count). The Bertz CT molecular complexity index is 748. The molecule has 19 heavy (non-hydrogen) atoms. The fraction of sp³-hybridized carbons (Fsp3) is 0.0833. The maximum Gasteiger partial charge on any atom is 0.328 e. The highest BCUT2D eigenvalue weighted by Crippen LogP contribution is 2.09. The van der Waals surface area contributed by atoms with Gasteiger partial charge in [-0.2, -0.15) is 0 Å². The Morgan fingerprint density at radius 3 is 2.68 bits per heavy atom. The number of aromatic amines is 1.